The van der Waals surface area contributed by atoms with Gasteiger partial charge in [0.15, 0.2) is 0 Å². The first kappa shape index (κ1) is 11.9. The normalized spacial score (nSPS) is 31.8. The molecule has 0 aromatic heterocycles. The molecule has 1 saturated heterocycles. The van der Waals surface area contributed by atoms with Crippen molar-refractivity contribution in [2.24, 2.45) is 17.1 Å². The highest BCUT2D eigenvalue weighted by Crippen LogP contribution is 2.53. The van der Waals surface area contributed by atoms with E-state index in [1.165, 1.54) is 12.8 Å². The highest BCUT2D eigenvalue weighted by atomic mass is 16.2. The van der Waals surface area contributed by atoms with Crippen LogP contribution in [0.4, 0.5) is 0 Å². The Balaban J connectivity index is 1.90. The van der Waals surface area contributed by atoms with Gasteiger partial charge in [0, 0.05) is 18.5 Å². The molecule has 0 aromatic carbocycles. The van der Waals surface area contributed by atoms with Gasteiger partial charge in [0.05, 0.1) is 0 Å². The summed E-state index contributed by atoms with van der Waals surface area (Å²) in [6, 6.07) is 0.479. The average molecular weight is 224 g/mol. The number of carbonyl (C=O) groups excluding carboxylic acids is 1. The van der Waals surface area contributed by atoms with Crippen LogP contribution in [0.2, 0.25) is 0 Å². The zero-order chi connectivity index (χ0) is 11.8. The van der Waals surface area contributed by atoms with Gasteiger partial charge in [-0.1, -0.05) is 13.8 Å². The van der Waals surface area contributed by atoms with Crippen LogP contribution < -0.4 is 5.73 Å². The molecule has 2 N–H and O–H groups in total. The smallest absolute Gasteiger partial charge is 0.226 e. The van der Waals surface area contributed by atoms with E-state index in [-0.39, 0.29) is 5.41 Å². The number of rotatable bonds is 4. The highest BCUT2D eigenvalue weighted by Gasteiger charge is 2.52. The fourth-order valence-corrected chi connectivity index (χ4v) is 2.87. The minimum Gasteiger partial charge on any atom is -0.339 e. The van der Waals surface area contributed by atoms with Crippen molar-refractivity contribution < 1.29 is 4.79 Å². The zero-order valence-electron chi connectivity index (χ0n) is 10.5. The molecule has 0 bridgehead atoms. The van der Waals surface area contributed by atoms with Crippen LogP contribution in [0.15, 0.2) is 0 Å². The lowest BCUT2D eigenvalue weighted by atomic mass is 10.1. The summed E-state index contributed by atoms with van der Waals surface area (Å²) in [4.78, 5) is 14.4. The van der Waals surface area contributed by atoms with Crippen molar-refractivity contribution in [1.29, 1.82) is 0 Å². The molecule has 2 atom stereocenters. The predicted octanol–water partition coefficient (Wildman–Crippen LogP) is 1.76. The van der Waals surface area contributed by atoms with Crippen molar-refractivity contribution in [3.63, 3.8) is 0 Å². The van der Waals surface area contributed by atoms with Gasteiger partial charge in [-0.15, -0.1) is 0 Å². The van der Waals surface area contributed by atoms with Gasteiger partial charge >= 0.3 is 0 Å². The van der Waals surface area contributed by atoms with Crippen LogP contribution in [0.1, 0.15) is 46.0 Å². The number of amides is 1. The molecule has 1 aliphatic carbocycles. The summed E-state index contributed by atoms with van der Waals surface area (Å²) in [6.45, 7) is 6.11. The van der Waals surface area contributed by atoms with Crippen molar-refractivity contribution in [3.05, 3.63) is 0 Å². The first-order valence-electron chi connectivity index (χ1n) is 6.57. The molecule has 92 valence electrons. The van der Waals surface area contributed by atoms with Gasteiger partial charge in [0.25, 0.3) is 0 Å². The number of nitrogens with zero attached hydrogens (tertiary/aromatic N) is 1. The van der Waals surface area contributed by atoms with Crippen LogP contribution in [0.3, 0.4) is 0 Å². The van der Waals surface area contributed by atoms with E-state index in [4.69, 9.17) is 5.73 Å². The third kappa shape index (κ3) is 2.24. The van der Waals surface area contributed by atoms with Crippen molar-refractivity contribution in [3.8, 4) is 0 Å². The largest absolute Gasteiger partial charge is 0.339 e. The SMILES string of the molecule is CC1(C)CC1C(=O)N1CCCC1CCCN. The monoisotopic (exact) mass is 224 g/mol. The first-order valence-corrected chi connectivity index (χ1v) is 6.57. The molecule has 2 aliphatic rings. The Bertz CT molecular complexity index is 275. The molecule has 0 aromatic rings. The molecular weight excluding hydrogens is 200 g/mol. The van der Waals surface area contributed by atoms with Crippen LogP contribution in [-0.2, 0) is 4.79 Å². The second-order valence-corrected chi connectivity index (χ2v) is 6.00. The van der Waals surface area contributed by atoms with Gasteiger partial charge in [-0.2, -0.15) is 0 Å². The third-order valence-corrected chi connectivity index (χ3v) is 4.21. The van der Waals surface area contributed by atoms with E-state index in [9.17, 15) is 4.79 Å². The van der Waals surface area contributed by atoms with Crippen LogP contribution in [0.5, 0.6) is 0 Å². The van der Waals surface area contributed by atoms with E-state index in [0.717, 1.165) is 32.4 Å². The predicted molar refractivity (Wildman–Crippen MR) is 64.9 cm³/mol. The molecule has 2 fully saturated rings. The summed E-state index contributed by atoms with van der Waals surface area (Å²) < 4.78 is 0. The Hall–Kier alpha value is -0.570. The lowest BCUT2D eigenvalue weighted by Gasteiger charge is -2.25. The van der Waals surface area contributed by atoms with Gasteiger partial charge in [-0.05, 0) is 44.1 Å². The van der Waals surface area contributed by atoms with Gasteiger partial charge in [0.2, 0.25) is 5.91 Å². The summed E-state index contributed by atoms with van der Waals surface area (Å²) in [5.74, 6) is 0.704. The van der Waals surface area contributed by atoms with Gasteiger partial charge < -0.3 is 10.6 Å². The molecule has 2 rings (SSSR count). The molecular formula is C13H24N2O. The number of hydrogen-bond acceptors (Lipinski definition) is 2. The molecule has 3 heteroatoms. The molecule has 1 heterocycles. The lowest BCUT2D eigenvalue weighted by Crippen LogP contribution is -2.37. The highest BCUT2D eigenvalue weighted by molar-refractivity contribution is 5.83. The van der Waals surface area contributed by atoms with Crippen LogP contribution in [0, 0.1) is 11.3 Å². The number of carbonyl (C=O) groups is 1. The van der Waals surface area contributed by atoms with Gasteiger partial charge in [-0.25, -0.2) is 0 Å². The van der Waals surface area contributed by atoms with E-state index >= 15 is 0 Å². The minimum absolute atomic E-state index is 0.262. The average Bonchev–Trinajstić information content (AvgIpc) is 2.69. The Labute approximate surface area is 98.4 Å². The number of nitrogens with two attached hydrogens (primary N) is 1. The van der Waals surface area contributed by atoms with Crippen molar-refractivity contribution in [2.45, 2.75) is 52.0 Å². The van der Waals surface area contributed by atoms with Gasteiger partial charge in [0.1, 0.15) is 0 Å². The molecule has 0 radical (unpaired) electrons. The maximum absolute atomic E-state index is 12.3. The van der Waals surface area contributed by atoms with E-state index in [2.05, 4.69) is 18.7 Å². The molecule has 3 nitrogen and oxygen atoms in total. The summed E-state index contributed by atoms with van der Waals surface area (Å²) in [5.41, 5.74) is 5.80. The second-order valence-electron chi connectivity index (χ2n) is 6.00. The molecule has 16 heavy (non-hydrogen) atoms. The van der Waals surface area contributed by atoms with Crippen LogP contribution in [0.25, 0.3) is 0 Å². The minimum atomic E-state index is 0.262. The van der Waals surface area contributed by atoms with E-state index in [1.54, 1.807) is 0 Å². The summed E-state index contributed by atoms with van der Waals surface area (Å²) in [7, 11) is 0. The van der Waals surface area contributed by atoms with E-state index in [0.29, 0.717) is 17.9 Å². The summed E-state index contributed by atoms with van der Waals surface area (Å²) >= 11 is 0. The Morgan fingerprint density at radius 2 is 2.19 bits per heavy atom. The first-order chi connectivity index (χ1) is 7.56. The van der Waals surface area contributed by atoms with E-state index in [1.807, 2.05) is 0 Å². The van der Waals surface area contributed by atoms with Crippen LogP contribution >= 0.6 is 0 Å². The maximum atomic E-state index is 12.3. The van der Waals surface area contributed by atoms with E-state index < -0.39 is 0 Å². The summed E-state index contributed by atoms with van der Waals surface area (Å²) in [5, 5.41) is 0. The fourth-order valence-electron chi connectivity index (χ4n) is 2.87. The number of likely N-dealkylation sites (tertiary alicyclic amines) is 1. The molecule has 1 saturated carbocycles. The lowest BCUT2D eigenvalue weighted by molar-refractivity contribution is -0.134. The third-order valence-electron chi connectivity index (χ3n) is 4.21. The molecule has 1 aliphatic heterocycles. The molecule has 2 unspecified atom stereocenters. The second kappa shape index (κ2) is 4.36. The molecule has 0 spiro atoms. The Kier molecular flexibility index (Phi) is 3.24. The standard InChI is InChI=1S/C13H24N2O/c1-13(2)9-11(13)12(16)15-8-4-6-10(15)5-3-7-14/h10-11H,3-9,14H2,1-2H3. The van der Waals surface area contributed by atoms with Crippen molar-refractivity contribution in [1.82, 2.24) is 4.90 Å². The topological polar surface area (TPSA) is 46.3 Å². The Morgan fingerprint density at radius 1 is 1.50 bits per heavy atom. The van der Waals surface area contributed by atoms with Crippen molar-refractivity contribution >= 4 is 5.91 Å². The summed E-state index contributed by atoms with van der Waals surface area (Å²) in [6.07, 6.45) is 5.57. The maximum Gasteiger partial charge on any atom is 0.226 e. The van der Waals surface area contributed by atoms with Crippen molar-refractivity contribution in [2.75, 3.05) is 13.1 Å². The Morgan fingerprint density at radius 3 is 2.75 bits per heavy atom. The van der Waals surface area contributed by atoms with Crippen LogP contribution in [-0.4, -0.2) is 29.9 Å². The quantitative estimate of drug-likeness (QED) is 0.791. The number of hydrogen-bond donors (Lipinski definition) is 1. The van der Waals surface area contributed by atoms with Gasteiger partial charge in [-0.3, -0.25) is 4.79 Å². The fraction of sp³-hybridized carbons (Fsp3) is 0.923. The molecule has 1 amide bonds. The zero-order valence-corrected chi connectivity index (χ0v) is 10.5.